The molecule has 0 unspecified atom stereocenters. The Labute approximate surface area is 680 Å². The molecule has 0 amide bonds. The van der Waals surface area contributed by atoms with Crippen molar-refractivity contribution in [1.82, 2.24) is 0 Å². The van der Waals surface area contributed by atoms with Crippen LogP contribution in [0.2, 0.25) is 0 Å². The van der Waals surface area contributed by atoms with E-state index in [9.17, 15) is 71.9 Å². The van der Waals surface area contributed by atoms with Crippen LogP contribution in [0.5, 0.6) is 0 Å². The Kier molecular flexibility index (Phi) is 192. The van der Waals surface area contributed by atoms with E-state index in [4.69, 9.17) is 9.47 Å². The third-order valence-corrected chi connectivity index (χ3v) is 9.30. The van der Waals surface area contributed by atoms with Gasteiger partial charge in [-0.1, -0.05) is 83.1 Å². The predicted octanol–water partition coefficient (Wildman–Crippen LogP) is 11.4. The number of ketones is 9. The molecule has 28 heteroatoms. The second-order valence-corrected chi connectivity index (χ2v) is 20.0. The quantitative estimate of drug-likeness (QED) is 0.0243. The number of hydrogen-bond donors (Lipinski definition) is 0. The van der Waals surface area contributed by atoms with Crippen LogP contribution in [-0.2, 0) is 129 Å². The number of ether oxygens (including phenoxy) is 12. The fraction of sp³-hybridized carbons (Fsp3) is 0.792. The first kappa shape index (κ1) is 142. The van der Waals surface area contributed by atoms with Gasteiger partial charge in [0.25, 0.3) is 0 Å². The molecule has 0 fully saturated rings. The van der Waals surface area contributed by atoms with Crippen LogP contribution in [0.25, 0.3) is 0 Å². The van der Waals surface area contributed by atoms with Crippen molar-refractivity contribution in [3.05, 3.63) is 6.92 Å². The molecule has 0 saturated carbocycles. The van der Waals surface area contributed by atoms with Crippen molar-refractivity contribution in [1.29, 1.82) is 0 Å². The van der Waals surface area contributed by atoms with Gasteiger partial charge < -0.3 is 73.4 Å². The van der Waals surface area contributed by atoms with Crippen LogP contribution >= 0.6 is 0 Å². The number of esters is 6. The van der Waals surface area contributed by atoms with Gasteiger partial charge in [0.15, 0.2) is 23.1 Å². The molecule has 0 aromatic rings. The molecule has 0 aromatic carbocycles. The summed E-state index contributed by atoms with van der Waals surface area (Å²) in [6.45, 7) is 52.8. The molecule has 0 bridgehead atoms. The monoisotopic (exact) mass is 1550 g/mol. The fourth-order valence-corrected chi connectivity index (χ4v) is 4.09. The number of rotatable bonds is 36. The van der Waals surface area contributed by atoms with Crippen LogP contribution in [0.15, 0.2) is 0 Å². The molecule has 0 radical (unpaired) electrons. The minimum Gasteiger partial charge on any atom is -0.469 e. The molecule has 105 heavy (non-hydrogen) atoms. The van der Waals surface area contributed by atoms with E-state index in [1.807, 2.05) is 83.1 Å². The summed E-state index contributed by atoms with van der Waals surface area (Å²) >= 11 is 0. The van der Waals surface area contributed by atoms with Crippen LogP contribution in [0.3, 0.4) is 0 Å². The summed E-state index contributed by atoms with van der Waals surface area (Å²) in [7, 11) is 9.02. The Hall–Kier alpha value is -4.75. The number of Topliss-reactive ketones (excluding diaryl/α,β-unsaturated/α-hetero) is 9. The molecule has 0 heterocycles. The SMILES string of the molecule is CCC(=O)CC.CCC(=O)COC.CCC(=O)COC.CCCC(=O)OC.CCCC(=O)OC.CCCC(C)=O.CCCC(C)=O.CCCOC(C)=O.CCCOC(C)=O.CCOC(=O)CC.CCOC(=O)CC.CCOCC(C)=O.CCOCC(C)=O.COCCC(C)=O.COCCC(C)=O.[CH2-]C.[K+]. The standard InChI is InChI=1S/12C5H10O2.3C5H10O.C2H5.K/c2*1-5(6)3-4-7-2;2*1-3-5(6)4-7-2;2*1-3-7-4-5(2)6;2*1-3-4-5(6)7-2;2*1-3-4-7-5(2)6;2*1-3-5(6)7-4-2;2*1-3-4-5(2)6;1-3-5(6)4-2;1-2;/h12*3-4H2,1-2H3;3*3-4H2,1-2H3;1H2,2H3;/q;;;;;;;;;;;;;;;-1;+1. The van der Waals surface area contributed by atoms with E-state index < -0.39 is 0 Å². The average molecular weight is 1550 g/mol. The first-order chi connectivity index (χ1) is 48.8. The molecule has 0 aliphatic rings. The van der Waals surface area contributed by atoms with E-state index in [1.165, 1.54) is 56.1 Å². The first-order valence-corrected chi connectivity index (χ1v) is 35.9. The second-order valence-electron chi connectivity index (χ2n) is 20.0. The van der Waals surface area contributed by atoms with Crippen molar-refractivity contribution in [2.24, 2.45) is 0 Å². The zero-order chi connectivity index (χ0) is 85.4. The summed E-state index contributed by atoms with van der Waals surface area (Å²) in [5.41, 5.74) is 0. The van der Waals surface area contributed by atoms with Crippen LogP contribution in [0.4, 0.5) is 0 Å². The third-order valence-electron chi connectivity index (χ3n) is 9.30. The number of carbonyl (C=O) groups is 15. The van der Waals surface area contributed by atoms with Crippen molar-refractivity contribution >= 4 is 87.9 Å². The van der Waals surface area contributed by atoms with Gasteiger partial charge in [-0.3, -0.25) is 62.3 Å². The summed E-state index contributed by atoms with van der Waals surface area (Å²) < 4.78 is 54.8. The normalized spacial score (nSPS) is 8.34. The van der Waals surface area contributed by atoms with Crippen LogP contribution in [0.1, 0.15) is 289 Å². The van der Waals surface area contributed by atoms with E-state index >= 15 is 0 Å². The zero-order valence-corrected chi connectivity index (χ0v) is 75.6. The van der Waals surface area contributed by atoms with E-state index in [2.05, 4.69) is 54.3 Å². The van der Waals surface area contributed by atoms with Gasteiger partial charge in [0.2, 0.25) is 0 Å². The Balaban J connectivity index is -0.0000000526. The molecule has 0 aromatic heterocycles. The second kappa shape index (κ2) is 142. The third kappa shape index (κ3) is 267. The largest absolute Gasteiger partial charge is 1.00 e. The molecule has 0 rings (SSSR count). The van der Waals surface area contributed by atoms with Gasteiger partial charge in [0, 0.05) is 133 Å². The van der Waals surface area contributed by atoms with Crippen molar-refractivity contribution < 1.29 is 180 Å². The van der Waals surface area contributed by atoms with Crippen molar-refractivity contribution in [2.45, 2.75) is 289 Å². The van der Waals surface area contributed by atoms with Crippen LogP contribution in [-0.4, -0.2) is 210 Å². The zero-order valence-electron chi connectivity index (χ0n) is 72.4. The summed E-state index contributed by atoms with van der Waals surface area (Å²) in [6.07, 6.45) is 12.6. The van der Waals surface area contributed by atoms with Crippen molar-refractivity contribution in [3.8, 4) is 0 Å². The Bertz CT molecular complexity index is 1590. The van der Waals surface area contributed by atoms with Gasteiger partial charge in [-0.2, -0.15) is 6.92 Å². The van der Waals surface area contributed by atoms with Gasteiger partial charge in [0.1, 0.15) is 55.3 Å². The summed E-state index contributed by atoms with van der Waals surface area (Å²) in [5, 5.41) is 0. The molecule has 27 nitrogen and oxygen atoms in total. The van der Waals surface area contributed by atoms with Gasteiger partial charge in [-0.15, -0.1) is 0 Å². The summed E-state index contributed by atoms with van der Waals surface area (Å²) in [4.78, 5) is 152. The van der Waals surface area contributed by atoms with Crippen LogP contribution in [0, 0.1) is 6.92 Å². The molecular formula is C77H155KO27. The van der Waals surface area contributed by atoms with Crippen molar-refractivity contribution in [2.75, 3.05) is 122 Å². The maximum Gasteiger partial charge on any atom is 1.00 e. The smallest absolute Gasteiger partial charge is 0.469 e. The molecule has 0 aliphatic heterocycles. The van der Waals surface area contributed by atoms with E-state index in [0.717, 1.165) is 51.4 Å². The summed E-state index contributed by atoms with van der Waals surface area (Å²) in [6, 6.07) is 0. The molecule has 0 atom stereocenters. The maximum absolute atomic E-state index is 10.3. The van der Waals surface area contributed by atoms with Crippen molar-refractivity contribution in [3.63, 3.8) is 0 Å². The molecular weight excluding hydrogens is 1400 g/mol. The van der Waals surface area contributed by atoms with Gasteiger partial charge in [-0.05, 0) is 108 Å². The molecule has 0 spiro atoms. The molecule has 0 saturated heterocycles. The van der Waals surface area contributed by atoms with Gasteiger partial charge in [0.05, 0.1) is 53.9 Å². The number of carbonyl (C=O) groups excluding carboxylic acids is 15. The fourth-order valence-electron chi connectivity index (χ4n) is 4.09. The Morgan fingerprint density at radius 3 is 0.552 bits per heavy atom. The number of methoxy groups -OCH3 is 6. The topological polar surface area (TPSA) is 367 Å². The van der Waals surface area contributed by atoms with E-state index in [1.54, 1.807) is 76.5 Å². The predicted molar refractivity (Wildman–Crippen MR) is 412 cm³/mol. The summed E-state index contributed by atoms with van der Waals surface area (Å²) in [5.74, 6) is 0.890. The van der Waals surface area contributed by atoms with Gasteiger partial charge >= 0.3 is 87.2 Å². The Morgan fingerprint density at radius 1 is 0.248 bits per heavy atom. The minimum absolute atomic E-state index is 0. The molecule has 0 N–H and O–H groups in total. The number of hydrogen-bond acceptors (Lipinski definition) is 27. The molecule has 0 aliphatic carbocycles. The van der Waals surface area contributed by atoms with Gasteiger partial charge in [-0.25, -0.2) is 0 Å². The van der Waals surface area contributed by atoms with Crippen LogP contribution < -0.4 is 51.4 Å². The Morgan fingerprint density at radius 2 is 0.495 bits per heavy atom. The van der Waals surface area contributed by atoms with E-state index in [-0.39, 0.29) is 160 Å². The first-order valence-electron chi connectivity index (χ1n) is 35.9. The van der Waals surface area contributed by atoms with E-state index in [0.29, 0.717) is 123 Å². The average Bonchev–Trinajstić information content (AvgIpc) is 3.84. The minimum atomic E-state index is -0.193. The molecule has 626 valence electrons. The maximum atomic E-state index is 10.3.